The van der Waals surface area contributed by atoms with Crippen LogP contribution in [-0.4, -0.2) is 24.6 Å². The van der Waals surface area contributed by atoms with Crippen LogP contribution in [0.3, 0.4) is 0 Å². The second-order valence-corrected chi connectivity index (χ2v) is 7.16. The zero-order valence-electron chi connectivity index (χ0n) is 15.6. The molecule has 5 nitrogen and oxygen atoms in total. The van der Waals surface area contributed by atoms with Crippen molar-refractivity contribution in [3.8, 4) is 0 Å². The summed E-state index contributed by atoms with van der Waals surface area (Å²) in [6.07, 6.45) is 2.32. The summed E-state index contributed by atoms with van der Waals surface area (Å²) in [5.74, 6) is -2.08. The van der Waals surface area contributed by atoms with Crippen molar-refractivity contribution in [2.75, 3.05) is 7.11 Å². The van der Waals surface area contributed by atoms with E-state index >= 15 is 0 Å². The molecule has 1 unspecified atom stereocenters. The lowest BCUT2D eigenvalue weighted by molar-refractivity contribution is -0.143. The minimum Gasteiger partial charge on any atom is -0.469 e. The summed E-state index contributed by atoms with van der Waals surface area (Å²) in [5.41, 5.74) is 1.84. The molecule has 1 aliphatic carbocycles. The molecule has 4 rings (SSSR count). The minimum atomic E-state index is -0.829. The molecule has 2 aromatic rings. The fourth-order valence-electron chi connectivity index (χ4n) is 4.28. The van der Waals surface area contributed by atoms with Crippen LogP contribution in [0, 0.1) is 11.7 Å². The summed E-state index contributed by atoms with van der Waals surface area (Å²) < 4.78 is 25.1. The van der Waals surface area contributed by atoms with Gasteiger partial charge in [-0.05, 0) is 30.7 Å². The number of allylic oxidation sites excluding steroid dienone is 2. The van der Waals surface area contributed by atoms with Gasteiger partial charge in [0.1, 0.15) is 17.5 Å². The quantitative estimate of drug-likeness (QED) is 0.749. The molecule has 0 radical (unpaired) electrons. The van der Waals surface area contributed by atoms with E-state index in [9.17, 15) is 14.0 Å². The Morgan fingerprint density at radius 1 is 1.21 bits per heavy atom. The van der Waals surface area contributed by atoms with E-state index in [1.807, 2.05) is 6.07 Å². The van der Waals surface area contributed by atoms with Gasteiger partial charge in [-0.1, -0.05) is 18.2 Å². The average molecular weight is 381 g/mol. The zero-order valence-corrected chi connectivity index (χ0v) is 15.6. The first-order valence-corrected chi connectivity index (χ1v) is 9.18. The molecular formula is C22H20FNO4. The van der Waals surface area contributed by atoms with E-state index in [4.69, 9.17) is 9.15 Å². The van der Waals surface area contributed by atoms with Crippen LogP contribution in [-0.2, 0) is 14.3 Å². The first-order chi connectivity index (χ1) is 13.5. The van der Waals surface area contributed by atoms with Crippen LogP contribution in [0.15, 0.2) is 63.3 Å². The average Bonchev–Trinajstić information content (AvgIpc) is 3.21. The minimum absolute atomic E-state index is 0.117. The molecule has 0 amide bonds. The van der Waals surface area contributed by atoms with Crippen molar-refractivity contribution in [3.05, 3.63) is 71.1 Å². The second kappa shape index (κ2) is 7.19. The van der Waals surface area contributed by atoms with Crippen molar-refractivity contribution in [1.82, 2.24) is 0 Å². The summed E-state index contributed by atoms with van der Waals surface area (Å²) in [7, 11) is 1.29. The maximum absolute atomic E-state index is 14.7. The van der Waals surface area contributed by atoms with E-state index in [0.29, 0.717) is 29.0 Å². The topological polar surface area (TPSA) is 68.9 Å². The van der Waals surface area contributed by atoms with Crippen LogP contribution in [0.2, 0.25) is 0 Å². The number of methoxy groups -OCH3 is 1. The second-order valence-electron chi connectivity index (χ2n) is 7.16. The van der Waals surface area contributed by atoms with E-state index < -0.39 is 23.6 Å². The number of ether oxygens (including phenoxy) is 1. The van der Waals surface area contributed by atoms with E-state index in [1.165, 1.54) is 13.2 Å². The van der Waals surface area contributed by atoms with Crippen LogP contribution in [0.5, 0.6) is 0 Å². The lowest BCUT2D eigenvalue weighted by atomic mass is 9.69. The van der Waals surface area contributed by atoms with Gasteiger partial charge in [0.05, 0.1) is 13.4 Å². The van der Waals surface area contributed by atoms with Gasteiger partial charge >= 0.3 is 5.97 Å². The molecule has 0 N–H and O–H groups in total. The van der Waals surface area contributed by atoms with Crippen molar-refractivity contribution in [2.45, 2.75) is 31.6 Å². The third-order valence-electron chi connectivity index (χ3n) is 5.53. The molecule has 2 aliphatic rings. The Morgan fingerprint density at radius 3 is 2.68 bits per heavy atom. The first kappa shape index (κ1) is 18.3. The van der Waals surface area contributed by atoms with Crippen LogP contribution in [0.1, 0.15) is 42.9 Å². The Kier molecular flexibility index (Phi) is 4.71. The number of esters is 1. The van der Waals surface area contributed by atoms with Gasteiger partial charge in [0.25, 0.3) is 0 Å². The molecular weight excluding hydrogens is 361 g/mol. The van der Waals surface area contributed by atoms with Crippen molar-refractivity contribution >= 4 is 17.5 Å². The number of carbonyl (C=O) groups excluding carboxylic acids is 2. The van der Waals surface area contributed by atoms with Crippen molar-refractivity contribution in [3.63, 3.8) is 0 Å². The van der Waals surface area contributed by atoms with E-state index in [2.05, 4.69) is 4.99 Å². The Labute approximate surface area is 161 Å². The number of rotatable bonds is 3. The molecule has 0 saturated carbocycles. The predicted molar refractivity (Wildman–Crippen MR) is 100 cm³/mol. The number of nitrogens with zero attached hydrogens (tertiary/aromatic N) is 1. The summed E-state index contributed by atoms with van der Waals surface area (Å²) in [6.45, 7) is 1.72. The number of benzene rings is 1. The fraction of sp³-hybridized carbons (Fsp3) is 0.318. The van der Waals surface area contributed by atoms with Gasteiger partial charge in [-0.25, -0.2) is 4.39 Å². The number of furan rings is 1. The molecule has 6 heteroatoms. The van der Waals surface area contributed by atoms with Gasteiger partial charge in [-0.2, -0.15) is 0 Å². The number of aliphatic imine (C=N–C) groups is 1. The molecule has 0 spiro atoms. The van der Waals surface area contributed by atoms with E-state index in [1.54, 1.807) is 37.5 Å². The third kappa shape index (κ3) is 2.99. The Hall–Kier alpha value is -3.02. The highest BCUT2D eigenvalue weighted by atomic mass is 19.1. The summed E-state index contributed by atoms with van der Waals surface area (Å²) in [4.78, 5) is 30.3. The number of ketones is 1. The van der Waals surface area contributed by atoms with Gasteiger partial charge in [-0.3, -0.25) is 14.6 Å². The number of hydrogen-bond acceptors (Lipinski definition) is 5. The monoisotopic (exact) mass is 381 g/mol. The molecule has 28 heavy (non-hydrogen) atoms. The SMILES string of the molecule is COC(=O)C1C(C)=NC2=C(C(=O)C[C@@H](c3ccco3)C2)[C@H]1c1ccccc1F. The Morgan fingerprint density at radius 2 is 2.00 bits per heavy atom. The standard InChI is InChI=1S/C22H20FNO4/c1-12-19(22(26)27-2)20(14-6-3-4-7-15(14)23)21-16(24-12)10-13(11-17(21)25)18-8-5-9-28-18/h3-9,13,19-20H,10-11H2,1-2H3/t13-,19?,20-/m0/s1. The highest BCUT2D eigenvalue weighted by Gasteiger charge is 2.45. The van der Waals surface area contributed by atoms with Gasteiger partial charge in [0.2, 0.25) is 0 Å². The van der Waals surface area contributed by atoms with Gasteiger partial charge in [-0.15, -0.1) is 0 Å². The predicted octanol–water partition coefficient (Wildman–Crippen LogP) is 4.17. The largest absolute Gasteiger partial charge is 0.469 e. The fourth-order valence-corrected chi connectivity index (χ4v) is 4.28. The van der Waals surface area contributed by atoms with E-state index in [0.717, 1.165) is 5.76 Å². The third-order valence-corrected chi connectivity index (χ3v) is 5.53. The molecule has 1 aliphatic heterocycles. The summed E-state index contributed by atoms with van der Waals surface area (Å²) in [6, 6.07) is 9.87. The van der Waals surface area contributed by atoms with Crippen LogP contribution < -0.4 is 0 Å². The molecule has 144 valence electrons. The van der Waals surface area contributed by atoms with Gasteiger partial charge in [0, 0.05) is 41.7 Å². The Bertz CT molecular complexity index is 990. The molecule has 3 atom stereocenters. The lowest BCUT2D eigenvalue weighted by Crippen LogP contribution is -2.38. The summed E-state index contributed by atoms with van der Waals surface area (Å²) in [5, 5.41) is 0. The number of Topliss-reactive ketones (excluding diaryl/α,β-unsaturated/α-hetero) is 1. The van der Waals surface area contributed by atoms with Crippen molar-refractivity contribution in [2.24, 2.45) is 10.9 Å². The van der Waals surface area contributed by atoms with Crippen LogP contribution in [0.4, 0.5) is 4.39 Å². The maximum Gasteiger partial charge on any atom is 0.315 e. The van der Waals surface area contributed by atoms with Gasteiger partial charge < -0.3 is 9.15 Å². The van der Waals surface area contributed by atoms with Crippen LogP contribution >= 0.6 is 0 Å². The molecule has 1 aromatic heterocycles. The zero-order chi connectivity index (χ0) is 19.8. The molecule has 0 bridgehead atoms. The highest BCUT2D eigenvalue weighted by molar-refractivity contribution is 6.09. The number of hydrogen-bond donors (Lipinski definition) is 0. The first-order valence-electron chi connectivity index (χ1n) is 9.18. The molecule has 1 aromatic carbocycles. The number of halogens is 1. The normalized spacial score (nSPS) is 24.6. The smallest absolute Gasteiger partial charge is 0.315 e. The van der Waals surface area contributed by atoms with E-state index in [-0.39, 0.29) is 18.1 Å². The Balaban J connectivity index is 1.85. The highest BCUT2D eigenvalue weighted by Crippen LogP contribution is 2.47. The maximum atomic E-state index is 14.7. The molecule has 2 heterocycles. The van der Waals surface area contributed by atoms with Crippen molar-refractivity contribution < 1.29 is 23.1 Å². The van der Waals surface area contributed by atoms with Crippen LogP contribution in [0.25, 0.3) is 0 Å². The van der Waals surface area contributed by atoms with Gasteiger partial charge in [0.15, 0.2) is 5.78 Å². The molecule has 0 saturated heterocycles. The summed E-state index contributed by atoms with van der Waals surface area (Å²) >= 11 is 0. The van der Waals surface area contributed by atoms with Crippen molar-refractivity contribution in [1.29, 1.82) is 0 Å². The molecule has 0 fully saturated rings. The lowest BCUT2D eigenvalue weighted by Gasteiger charge is -2.36. The number of carbonyl (C=O) groups is 2.